The average Bonchev–Trinajstić information content (AvgIpc) is 2.89. The van der Waals surface area contributed by atoms with E-state index in [1.807, 2.05) is 42.5 Å². The zero-order chi connectivity index (χ0) is 13.1. The van der Waals surface area contributed by atoms with Crippen molar-refractivity contribution in [2.75, 3.05) is 5.32 Å². The molecular weight excluding hydrogens is 238 g/mol. The highest BCUT2D eigenvalue weighted by Gasteiger charge is 2.04. The molecule has 0 saturated carbocycles. The lowest BCUT2D eigenvalue weighted by atomic mass is 10.2. The summed E-state index contributed by atoms with van der Waals surface area (Å²) in [6, 6.07) is 17.3. The Bertz CT molecular complexity index is 754. The highest BCUT2D eigenvalue weighted by atomic mass is 15.4. The second-order valence-corrected chi connectivity index (χ2v) is 4.07. The Morgan fingerprint density at radius 1 is 1.11 bits per heavy atom. The molecule has 92 valence electrons. The minimum atomic E-state index is 0.471. The molecule has 0 aliphatic carbocycles. The first-order valence-corrected chi connectivity index (χ1v) is 5.90. The van der Waals surface area contributed by atoms with Crippen LogP contribution in [0.4, 0.5) is 5.69 Å². The third kappa shape index (κ3) is 2.11. The van der Waals surface area contributed by atoms with Crippen LogP contribution in [0.5, 0.6) is 0 Å². The summed E-state index contributed by atoms with van der Waals surface area (Å²) in [5.74, 6) is 0. The van der Waals surface area contributed by atoms with Gasteiger partial charge in [0.05, 0.1) is 16.8 Å². The van der Waals surface area contributed by atoms with Crippen molar-refractivity contribution in [2.24, 2.45) is 0 Å². The van der Waals surface area contributed by atoms with Gasteiger partial charge in [-0.25, -0.2) is 4.68 Å². The summed E-state index contributed by atoms with van der Waals surface area (Å²) in [5.41, 5.74) is 3.24. The van der Waals surface area contributed by atoms with Crippen molar-refractivity contribution in [2.45, 2.75) is 6.67 Å². The van der Waals surface area contributed by atoms with E-state index >= 15 is 0 Å². The number of nitrogens with zero attached hydrogens (tertiary/aromatic N) is 4. The molecule has 0 saturated heterocycles. The quantitative estimate of drug-likeness (QED) is 0.773. The van der Waals surface area contributed by atoms with Crippen LogP contribution in [0.3, 0.4) is 0 Å². The molecule has 1 heterocycles. The molecule has 0 atom stereocenters. The van der Waals surface area contributed by atoms with E-state index in [4.69, 9.17) is 5.26 Å². The van der Waals surface area contributed by atoms with Gasteiger partial charge in [0.25, 0.3) is 0 Å². The monoisotopic (exact) mass is 249 g/mol. The smallest absolute Gasteiger partial charge is 0.113 e. The largest absolute Gasteiger partial charge is 0.365 e. The summed E-state index contributed by atoms with van der Waals surface area (Å²) in [4.78, 5) is 0. The molecule has 3 aromatic rings. The van der Waals surface area contributed by atoms with Crippen molar-refractivity contribution < 1.29 is 0 Å². The Labute approximate surface area is 110 Å². The van der Waals surface area contributed by atoms with Gasteiger partial charge in [-0.15, -0.1) is 5.10 Å². The number of hydrogen-bond donors (Lipinski definition) is 1. The van der Waals surface area contributed by atoms with Gasteiger partial charge < -0.3 is 5.32 Å². The number of aromatic nitrogens is 3. The Morgan fingerprint density at radius 2 is 1.89 bits per heavy atom. The van der Waals surface area contributed by atoms with Gasteiger partial charge in [-0.1, -0.05) is 29.5 Å². The molecule has 0 aliphatic heterocycles. The van der Waals surface area contributed by atoms with Gasteiger partial charge >= 0.3 is 0 Å². The fourth-order valence-electron chi connectivity index (χ4n) is 1.93. The van der Waals surface area contributed by atoms with Gasteiger partial charge in [0.1, 0.15) is 18.3 Å². The molecule has 0 spiro atoms. The average molecular weight is 249 g/mol. The molecule has 1 N–H and O–H groups in total. The molecule has 0 bridgehead atoms. The lowest BCUT2D eigenvalue weighted by Gasteiger charge is -2.08. The Kier molecular flexibility index (Phi) is 2.83. The molecule has 0 unspecified atom stereocenters. The van der Waals surface area contributed by atoms with E-state index in [-0.39, 0.29) is 0 Å². The van der Waals surface area contributed by atoms with E-state index in [0.29, 0.717) is 12.2 Å². The van der Waals surface area contributed by atoms with Gasteiger partial charge in [0.15, 0.2) is 0 Å². The number of nitriles is 1. The zero-order valence-electron chi connectivity index (χ0n) is 10.1. The summed E-state index contributed by atoms with van der Waals surface area (Å²) >= 11 is 0. The van der Waals surface area contributed by atoms with E-state index in [0.717, 1.165) is 16.7 Å². The summed E-state index contributed by atoms with van der Waals surface area (Å²) in [6.07, 6.45) is 0. The Balaban J connectivity index is 1.85. The molecule has 5 nitrogen and oxygen atoms in total. The molecule has 0 aliphatic rings. The van der Waals surface area contributed by atoms with Crippen molar-refractivity contribution in [3.8, 4) is 6.07 Å². The minimum Gasteiger partial charge on any atom is -0.365 e. The molecule has 1 aromatic heterocycles. The summed E-state index contributed by atoms with van der Waals surface area (Å²) in [7, 11) is 0. The molecule has 2 aromatic carbocycles. The maximum absolute atomic E-state index is 9.02. The van der Waals surface area contributed by atoms with Crippen LogP contribution in [-0.2, 0) is 6.67 Å². The van der Waals surface area contributed by atoms with Crippen LogP contribution in [0.15, 0.2) is 48.5 Å². The van der Waals surface area contributed by atoms with Crippen molar-refractivity contribution in [1.82, 2.24) is 15.0 Å². The Hall–Kier alpha value is -2.87. The van der Waals surface area contributed by atoms with Crippen LogP contribution in [0, 0.1) is 11.3 Å². The first-order chi connectivity index (χ1) is 9.38. The van der Waals surface area contributed by atoms with E-state index in [2.05, 4.69) is 21.7 Å². The topological polar surface area (TPSA) is 66.5 Å². The summed E-state index contributed by atoms with van der Waals surface area (Å²) in [6.45, 7) is 0.471. The van der Waals surface area contributed by atoms with Crippen molar-refractivity contribution in [3.05, 3.63) is 54.1 Å². The van der Waals surface area contributed by atoms with Gasteiger partial charge in [-0.3, -0.25) is 0 Å². The van der Waals surface area contributed by atoms with Gasteiger partial charge in [-0.2, -0.15) is 5.26 Å². The molecule has 5 heteroatoms. The van der Waals surface area contributed by atoms with Crippen LogP contribution >= 0.6 is 0 Å². The van der Waals surface area contributed by atoms with Crippen LogP contribution < -0.4 is 5.32 Å². The number of hydrogen-bond acceptors (Lipinski definition) is 4. The molecule has 19 heavy (non-hydrogen) atoms. The van der Waals surface area contributed by atoms with Crippen LogP contribution in [0.25, 0.3) is 11.0 Å². The van der Waals surface area contributed by atoms with E-state index in [9.17, 15) is 0 Å². The summed E-state index contributed by atoms with van der Waals surface area (Å²) < 4.78 is 1.77. The fourth-order valence-corrected chi connectivity index (χ4v) is 1.93. The maximum Gasteiger partial charge on any atom is 0.113 e. The summed E-state index contributed by atoms with van der Waals surface area (Å²) in [5, 5.41) is 20.4. The second kappa shape index (κ2) is 4.78. The maximum atomic E-state index is 9.02. The predicted octanol–water partition coefficient (Wildman–Crippen LogP) is 2.37. The van der Waals surface area contributed by atoms with Gasteiger partial charge in [-0.05, 0) is 24.3 Å². The third-order valence-electron chi connectivity index (χ3n) is 2.89. The number of fused-ring (bicyclic) bond motifs is 1. The predicted molar refractivity (Wildman–Crippen MR) is 72.3 cm³/mol. The van der Waals surface area contributed by atoms with Crippen LogP contribution in [0.2, 0.25) is 0 Å². The number of nitrogens with one attached hydrogen (secondary N) is 1. The fraction of sp³-hybridized carbons (Fsp3) is 0.0714. The molecule has 3 rings (SSSR count). The zero-order valence-corrected chi connectivity index (χ0v) is 10.1. The third-order valence-corrected chi connectivity index (χ3v) is 2.89. The highest BCUT2D eigenvalue weighted by Crippen LogP contribution is 2.15. The van der Waals surface area contributed by atoms with Crippen LogP contribution in [0.1, 0.15) is 5.56 Å². The number of benzene rings is 2. The van der Waals surface area contributed by atoms with Crippen LogP contribution in [-0.4, -0.2) is 15.0 Å². The van der Waals surface area contributed by atoms with E-state index in [1.54, 1.807) is 10.7 Å². The first kappa shape index (κ1) is 11.2. The molecule has 0 fully saturated rings. The second-order valence-electron chi connectivity index (χ2n) is 4.07. The standard InChI is InChI=1S/C14H11N5/c15-9-11-5-1-2-6-12(11)16-10-19-14-8-4-3-7-13(14)17-18-19/h1-8,16H,10H2. The van der Waals surface area contributed by atoms with Gasteiger partial charge in [0.2, 0.25) is 0 Å². The normalized spacial score (nSPS) is 10.3. The first-order valence-electron chi connectivity index (χ1n) is 5.90. The number of para-hydroxylation sites is 2. The SMILES string of the molecule is N#Cc1ccccc1NCn1nnc2ccccc21. The number of rotatable bonds is 3. The van der Waals surface area contributed by atoms with E-state index in [1.165, 1.54) is 0 Å². The Morgan fingerprint density at radius 3 is 2.79 bits per heavy atom. The molecular formula is C14H11N5. The minimum absolute atomic E-state index is 0.471. The van der Waals surface area contributed by atoms with Gasteiger partial charge in [0, 0.05) is 0 Å². The highest BCUT2D eigenvalue weighted by molar-refractivity contribution is 5.73. The lowest BCUT2D eigenvalue weighted by Crippen LogP contribution is -2.10. The van der Waals surface area contributed by atoms with E-state index < -0.39 is 0 Å². The van der Waals surface area contributed by atoms with Crippen molar-refractivity contribution in [3.63, 3.8) is 0 Å². The molecule has 0 amide bonds. The number of anilines is 1. The van der Waals surface area contributed by atoms with Crippen molar-refractivity contribution >= 4 is 16.7 Å². The lowest BCUT2D eigenvalue weighted by molar-refractivity contribution is 0.655. The molecule has 0 radical (unpaired) electrons. The van der Waals surface area contributed by atoms with Crippen molar-refractivity contribution in [1.29, 1.82) is 5.26 Å².